The van der Waals surface area contributed by atoms with Crippen molar-refractivity contribution in [2.75, 3.05) is 0 Å². The lowest BCUT2D eigenvalue weighted by Crippen LogP contribution is -3.05. The molecule has 8 aliphatic carbocycles. The Labute approximate surface area is 264 Å². The normalized spacial score (nSPS) is 41.7. The highest BCUT2D eigenvalue weighted by molar-refractivity contribution is 5.50. The second-order valence-electron chi connectivity index (χ2n) is 16.6. The van der Waals surface area contributed by atoms with Gasteiger partial charge in [0.15, 0.2) is 46.5 Å². The fourth-order valence-corrected chi connectivity index (χ4v) is 13.3. The Morgan fingerprint density at radius 1 is 0.587 bits per heavy atom. The van der Waals surface area contributed by atoms with E-state index in [4.69, 9.17) is 0 Å². The van der Waals surface area contributed by atoms with Crippen LogP contribution in [0.15, 0.2) is 11.1 Å². The summed E-state index contributed by atoms with van der Waals surface area (Å²) in [6, 6.07) is 0. The van der Waals surface area contributed by atoms with Gasteiger partial charge in [0.25, 0.3) is 0 Å². The van der Waals surface area contributed by atoms with Crippen molar-refractivity contribution in [2.45, 2.75) is 73.1 Å². The van der Waals surface area contributed by atoms with Crippen LogP contribution in [-0.4, -0.2) is 0 Å². The Balaban J connectivity index is 0.899. The smallest absolute Gasteiger partial charge is 0.165 e. The van der Waals surface area contributed by atoms with E-state index in [2.05, 4.69) is 13.8 Å². The van der Waals surface area contributed by atoms with Crippen LogP contribution in [-0.2, 0) is 25.7 Å². The van der Waals surface area contributed by atoms with E-state index in [1.807, 2.05) is 13.8 Å². The third kappa shape index (κ3) is 2.99. The minimum absolute atomic E-state index is 0.0715. The van der Waals surface area contributed by atoms with Gasteiger partial charge in [-0.1, -0.05) is 38.8 Å². The van der Waals surface area contributed by atoms with Gasteiger partial charge in [-0.2, -0.15) is 0 Å². The summed E-state index contributed by atoms with van der Waals surface area (Å²) in [4.78, 5) is 0. The molecule has 8 heteroatoms. The maximum Gasteiger partial charge on any atom is 0.165 e. The highest BCUT2D eigenvalue weighted by Gasteiger charge is 3.03. The summed E-state index contributed by atoms with van der Waals surface area (Å²) in [6.07, 6.45) is -0.615. The molecule has 2 aromatic rings. The molecule has 0 aromatic heterocycles. The third-order valence-corrected chi connectivity index (χ3v) is 15.5. The molecule has 0 radical (unpaired) electrons. The monoisotopic (exact) mass is 646 g/mol. The average molecular weight is 647 g/mol. The number of rotatable bonds is 10. The van der Waals surface area contributed by atoms with E-state index in [-0.39, 0.29) is 23.7 Å². The van der Waals surface area contributed by atoms with E-state index in [1.54, 1.807) is 0 Å². The van der Waals surface area contributed by atoms with Gasteiger partial charge in [0, 0.05) is 22.3 Å². The van der Waals surface area contributed by atoms with Crippen LogP contribution in [0, 0.1) is 122 Å². The van der Waals surface area contributed by atoms with Crippen LogP contribution < -0.4 is 0 Å². The number of hydrogen-bond acceptors (Lipinski definition) is 0. The van der Waals surface area contributed by atoms with Crippen molar-refractivity contribution in [2.24, 2.45) is 75.9 Å². The molecule has 46 heavy (non-hydrogen) atoms. The number of halogens is 8. The summed E-state index contributed by atoms with van der Waals surface area (Å²) in [5, 5.41) is 0. The molecule has 8 aliphatic rings. The summed E-state index contributed by atoms with van der Waals surface area (Å²) in [5.74, 6) is -6.64. The lowest BCUT2D eigenvalue weighted by molar-refractivity contribution is -0.616. The van der Waals surface area contributed by atoms with Gasteiger partial charge < -0.3 is 0 Å². The molecule has 2 aromatic carbocycles. The van der Waals surface area contributed by atoms with Gasteiger partial charge in [0.2, 0.25) is 0 Å². The Bertz CT molecular complexity index is 1680. The molecule has 246 valence electrons. The molecule has 0 N–H and O–H groups in total. The standard InChI is InChI=1S/C38H38F8/c1-12(10-18-33(43)29(39)16(30(40)34(18)44)6-8-37(5)15(4)20-13(2)14(3)25(20)37)11-19-35(45)31(41)17(32(42)36(19)46)7-9-38-26-22-21-23(26)28(38)24(21)27(22)38/h12-14,21-28H,6-11H2,1-5H3. The van der Waals surface area contributed by atoms with Crippen molar-refractivity contribution in [3.8, 4) is 0 Å². The molecule has 5 atom stereocenters. The zero-order chi connectivity index (χ0) is 32.7. The van der Waals surface area contributed by atoms with Crippen LogP contribution in [0.4, 0.5) is 35.1 Å². The zero-order valence-corrected chi connectivity index (χ0v) is 26.6. The SMILES string of the molecule is CC1=C2C(C)C(C)C2C1(C)CCc1c(F)c(F)c(CC(C)Cc2c(F)c(F)c(CCC34C5C6C7C5C3C7C64)c(F)c2F)c(F)c1F. The Hall–Kier alpha value is -2.38. The third-order valence-electron chi connectivity index (χ3n) is 15.5. The molecule has 7 fully saturated rings. The van der Waals surface area contributed by atoms with Crippen molar-refractivity contribution in [1.82, 2.24) is 0 Å². The van der Waals surface area contributed by atoms with E-state index in [0.717, 1.165) is 23.7 Å². The van der Waals surface area contributed by atoms with Crippen LogP contribution in [0.25, 0.3) is 0 Å². The molecule has 10 rings (SSSR count). The molecule has 7 saturated carbocycles. The van der Waals surface area contributed by atoms with Crippen LogP contribution >= 0.6 is 0 Å². The van der Waals surface area contributed by atoms with E-state index < -0.39 is 87.6 Å². The molecular formula is C38H38F8. The molecule has 0 saturated heterocycles. The summed E-state index contributed by atoms with van der Waals surface area (Å²) in [5.41, 5.74) is -0.614. The molecule has 5 unspecified atom stereocenters. The van der Waals surface area contributed by atoms with E-state index in [9.17, 15) is 0 Å². The van der Waals surface area contributed by atoms with Gasteiger partial charge in [0.05, 0.1) is 0 Å². The first-order valence-electron chi connectivity index (χ1n) is 17.1. The van der Waals surface area contributed by atoms with Crippen LogP contribution in [0.3, 0.4) is 0 Å². The quantitative estimate of drug-likeness (QED) is 0.137. The van der Waals surface area contributed by atoms with E-state index in [1.165, 1.54) is 18.1 Å². The predicted molar refractivity (Wildman–Crippen MR) is 155 cm³/mol. The number of fused-ring (bicyclic) bond motifs is 1. The van der Waals surface area contributed by atoms with Crippen LogP contribution in [0.1, 0.15) is 69.7 Å². The number of allylic oxidation sites excluding steroid dienone is 2. The summed E-state index contributed by atoms with van der Waals surface area (Å²) in [7, 11) is 0. The minimum atomic E-state index is -1.55. The fourth-order valence-electron chi connectivity index (χ4n) is 13.3. The highest BCUT2D eigenvalue weighted by Crippen LogP contribution is 3.06. The van der Waals surface area contributed by atoms with Gasteiger partial charge >= 0.3 is 0 Å². The van der Waals surface area contributed by atoms with Gasteiger partial charge in [-0.05, 0) is 121 Å². The maximum absolute atomic E-state index is 15.2. The topological polar surface area (TPSA) is 0 Å². The zero-order valence-electron chi connectivity index (χ0n) is 26.6. The van der Waals surface area contributed by atoms with Crippen LogP contribution in [0.5, 0.6) is 0 Å². The molecule has 0 bridgehead atoms. The number of benzene rings is 2. The van der Waals surface area contributed by atoms with E-state index in [0.29, 0.717) is 48.3 Å². The van der Waals surface area contributed by atoms with Crippen molar-refractivity contribution >= 4 is 0 Å². The Kier molecular flexibility index (Phi) is 5.81. The van der Waals surface area contributed by atoms with Crippen LogP contribution in [0.2, 0.25) is 0 Å². The second-order valence-corrected chi connectivity index (χ2v) is 16.6. The molecule has 0 nitrogen and oxygen atoms in total. The average Bonchev–Trinajstić information content (AvgIpc) is 3.04. The summed E-state index contributed by atoms with van der Waals surface area (Å²) >= 11 is 0. The molecule has 0 amide bonds. The number of hydrogen-bond donors (Lipinski definition) is 0. The molecular weight excluding hydrogens is 608 g/mol. The fraction of sp³-hybridized carbons (Fsp3) is 0.632. The second kappa shape index (κ2) is 8.99. The van der Waals surface area contributed by atoms with Crippen molar-refractivity contribution in [1.29, 1.82) is 0 Å². The van der Waals surface area contributed by atoms with Gasteiger partial charge in [0.1, 0.15) is 0 Å². The Morgan fingerprint density at radius 2 is 0.978 bits per heavy atom. The summed E-state index contributed by atoms with van der Waals surface area (Å²) in [6.45, 7) is 9.68. The lowest BCUT2D eigenvalue weighted by Gasteiger charge is -3.08. The Morgan fingerprint density at radius 3 is 1.41 bits per heavy atom. The van der Waals surface area contributed by atoms with Crippen molar-refractivity contribution < 1.29 is 35.1 Å². The largest absolute Gasteiger partial charge is 0.203 e. The molecule has 0 heterocycles. The van der Waals surface area contributed by atoms with Gasteiger partial charge in [-0.25, -0.2) is 35.1 Å². The summed E-state index contributed by atoms with van der Waals surface area (Å²) < 4.78 is 122. The van der Waals surface area contributed by atoms with Gasteiger partial charge in [-0.3, -0.25) is 0 Å². The first-order valence-corrected chi connectivity index (χ1v) is 17.1. The predicted octanol–water partition coefficient (Wildman–Crippen LogP) is 9.69. The van der Waals surface area contributed by atoms with Gasteiger partial charge in [-0.15, -0.1) is 0 Å². The lowest BCUT2D eigenvalue weighted by atomic mass is 8.96. The first kappa shape index (κ1) is 29.7. The maximum atomic E-state index is 15.2. The van der Waals surface area contributed by atoms with Crippen molar-refractivity contribution in [3.05, 3.63) is 79.9 Å². The first-order chi connectivity index (χ1) is 21.7. The molecule has 0 aliphatic heterocycles. The highest BCUT2D eigenvalue weighted by atomic mass is 19.2. The molecule has 0 spiro atoms. The van der Waals surface area contributed by atoms with E-state index >= 15 is 35.1 Å². The minimum Gasteiger partial charge on any atom is -0.203 e. The van der Waals surface area contributed by atoms with Crippen molar-refractivity contribution in [3.63, 3.8) is 0 Å².